The Balaban J connectivity index is 2.13. The molecule has 0 unspecified atom stereocenters. The summed E-state index contributed by atoms with van der Waals surface area (Å²) in [6.45, 7) is 5.64. The highest BCUT2D eigenvalue weighted by Crippen LogP contribution is 2.25. The van der Waals surface area contributed by atoms with Crippen LogP contribution in [0, 0.1) is 20.8 Å². The smallest absolute Gasteiger partial charge is 0.216 e. The highest BCUT2D eigenvalue weighted by atomic mass is 16.3. The number of nitrogens with zero attached hydrogens (tertiary/aromatic N) is 5. The number of aromatic hydroxyl groups is 1. The van der Waals surface area contributed by atoms with E-state index >= 15 is 0 Å². The minimum absolute atomic E-state index is 0.0301. The predicted octanol–water partition coefficient (Wildman–Crippen LogP) is 2.36. The maximum Gasteiger partial charge on any atom is 0.216 e. The molecule has 0 fully saturated rings. The Labute approximate surface area is 122 Å². The van der Waals surface area contributed by atoms with Crippen molar-refractivity contribution in [2.45, 2.75) is 20.8 Å². The lowest BCUT2D eigenvalue weighted by molar-refractivity contribution is 0.431. The Hall–Kier alpha value is -2.76. The first-order chi connectivity index (χ1) is 10.1. The maximum atomic E-state index is 10.1. The molecule has 6 heteroatoms. The number of hydrogen-bond donors (Lipinski definition) is 1. The molecule has 0 aromatic carbocycles. The van der Waals surface area contributed by atoms with Crippen LogP contribution in [0.15, 0.2) is 30.6 Å². The fourth-order valence-electron chi connectivity index (χ4n) is 2.09. The van der Waals surface area contributed by atoms with Gasteiger partial charge in [0.15, 0.2) is 5.82 Å². The Morgan fingerprint density at radius 1 is 0.952 bits per heavy atom. The molecule has 0 radical (unpaired) electrons. The molecule has 0 aliphatic carbocycles. The van der Waals surface area contributed by atoms with E-state index in [1.807, 2.05) is 32.9 Å². The van der Waals surface area contributed by atoms with Gasteiger partial charge in [-0.2, -0.15) is 9.78 Å². The number of hydrogen-bond acceptors (Lipinski definition) is 5. The third-order valence-corrected chi connectivity index (χ3v) is 3.32. The predicted molar refractivity (Wildman–Crippen MR) is 78.3 cm³/mol. The van der Waals surface area contributed by atoms with Crippen LogP contribution in [0.25, 0.3) is 17.1 Å². The second kappa shape index (κ2) is 4.97. The van der Waals surface area contributed by atoms with Crippen LogP contribution in [-0.4, -0.2) is 29.8 Å². The van der Waals surface area contributed by atoms with Crippen molar-refractivity contribution in [2.24, 2.45) is 0 Å². The van der Waals surface area contributed by atoms with E-state index in [9.17, 15) is 5.11 Å². The summed E-state index contributed by atoms with van der Waals surface area (Å²) >= 11 is 0. The van der Waals surface area contributed by atoms with Crippen LogP contribution in [-0.2, 0) is 0 Å². The Morgan fingerprint density at radius 2 is 1.62 bits per heavy atom. The molecule has 6 nitrogen and oxygen atoms in total. The molecule has 0 atom stereocenters. The van der Waals surface area contributed by atoms with Crippen LogP contribution in [0.1, 0.15) is 17.1 Å². The van der Waals surface area contributed by atoms with Crippen molar-refractivity contribution in [2.75, 3.05) is 0 Å². The van der Waals surface area contributed by atoms with Crippen molar-refractivity contribution >= 4 is 0 Å². The Kier molecular flexibility index (Phi) is 3.13. The summed E-state index contributed by atoms with van der Waals surface area (Å²) in [7, 11) is 0. The largest absolute Gasteiger partial charge is 0.493 e. The van der Waals surface area contributed by atoms with Crippen LogP contribution in [0.3, 0.4) is 0 Å². The van der Waals surface area contributed by atoms with Gasteiger partial charge in [0.05, 0.1) is 22.8 Å². The second-order valence-electron chi connectivity index (χ2n) is 4.84. The lowest BCUT2D eigenvalue weighted by atomic mass is 10.2. The highest BCUT2D eigenvalue weighted by Gasteiger charge is 2.15. The topological polar surface area (TPSA) is 76.7 Å². The van der Waals surface area contributed by atoms with E-state index in [1.165, 1.54) is 4.68 Å². The van der Waals surface area contributed by atoms with Crippen molar-refractivity contribution in [1.82, 2.24) is 24.7 Å². The van der Waals surface area contributed by atoms with E-state index in [4.69, 9.17) is 0 Å². The Morgan fingerprint density at radius 3 is 2.33 bits per heavy atom. The zero-order chi connectivity index (χ0) is 15.0. The van der Waals surface area contributed by atoms with Crippen LogP contribution in [0.2, 0.25) is 0 Å². The molecule has 0 bridgehead atoms. The van der Waals surface area contributed by atoms with Gasteiger partial charge >= 0.3 is 0 Å². The summed E-state index contributed by atoms with van der Waals surface area (Å²) in [4.78, 5) is 12.9. The number of pyridine rings is 1. The van der Waals surface area contributed by atoms with E-state index in [2.05, 4.69) is 20.1 Å². The monoisotopic (exact) mass is 281 g/mol. The third-order valence-electron chi connectivity index (χ3n) is 3.32. The number of rotatable bonds is 2. The van der Waals surface area contributed by atoms with Gasteiger partial charge in [-0.3, -0.25) is 9.97 Å². The summed E-state index contributed by atoms with van der Waals surface area (Å²) in [5.74, 6) is 0.568. The van der Waals surface area contributed by atoms with Gasteiger partial charge in [0.2, 0.25) is 5.88 Å². The normalized spacial score (nSPS) is 10.8. The second-order valence-corrected chi connectivity index (χ2v) is 4.84. The Bertz CT molecular complexity index is 795. The van der Waals surface area contributed by atoms with Crippen LogP contribution in [0.5, 0.6) is 5.88 Å². The van der Waals surface area contributed by atoms with Crippen molar-refractivity contribution in [3.05, 3.63) is 47.7 Å². The van der Waals surface area contributed by atoms with E-state index in [0.717, 1.165) is 22.6 Å². The summed E-state index contributed by atoms with van der Waals surface area (Å²) in [6.07, 6.45) is 3.37. The zero-order valence-electron chi connectivity index (χ0n) is 12.1. The standard InChI is InChI=1S/C15H15N5O/c1-9-10(2)18-15(11(3)17-9)20-14(21)8-13(19-20)12-4-6-16-7-5-12/h4-8,21H,1-3H3. The highest BCUT2D eigenvalue weighted by molar-refractivity contribution is 5.60. The van der Waals surface area contributed by atoms with Gasteiger partial charge in [0.1, 0.15) is 0 Å². The first-order valence-electron chi connectivity index (χ1n) is 6.58. The van der Waals surface area contributed by atoms with Crippen LogP contribution >= 0.6 is 0 Å². The lowest BCUT2D eigenvalue weighted by Crippen LogP contribution is -2.07. The molecule has 106 valence electrons. The van der Waals surface area contributed by atoms with Gasteiger partial charge in [-0.05, 0) is 32.9 Å². The molecule has 3 aromatic rings. The number of aromatic nitrogens is 5. The summed E-state index contributed by atoms with van der Waals surface area (Å²) in [6, 6.07) is 5.28. The molecule has 0 saturated heterocycles. The van der Waals surface area contributed by atoms with Crippen molar-refractivity contribution < 1.29 is 5.11 Å². The fourth-order valence-corrected chi connectivity index (χ4v) is 2.09. The zero-order valence-corrected chi connectivity index (χ0v) is 12.1. The quantitative estimate of drug-likeness (QED) is 0.780. The average molecular weight is 281 g/mol. The maximum absolute atomic E-state index is 10.1. The SMILES string of the molecule is Cc1nc(C)c(-n2nc(-c3ccncc3)cc2O)nc1C. The molecule has 3 rings (SSSR count). The molecule has 0 amide bonds. The minimum Gasteiger partial charge on any atom is -0.493 e. The summed E-state index contributed by atoms with van der Waals surface area (Å²) in [5.41, 5.74) is 3.95. The molecule has 1 N–H and O–H groups in total. The molecule has 0 spiro atoms. The summed E-state index contributed by atoms with van der Waals surface area (Å²) in [5, 5.41) is 14.6. The van der Waals surface area contributed by atoms with Gasteiger partial charge in [-0.25, -0.2) is 4.98 Å². The van der Waals surface area contributed by atoms with Crippen LogP contribution < -0.4 is 0 Å². The van der Waals surface area contributed by atoms with Gasteiger partial charge in [0, 0.05) is 24.0 Å². The van der Waals surface area contributed by atoms with Crippen molar-refractivity contribution in [3.63, 3.8) is 0 Å². The van der Waals surface area contributed by atoms with Crippen molar-refractivity contribution in [3.8, 4) is 23.0 Å². The fraction of sp³-hybridized carbons (Fsp3) is 0.200. The third kappa shape index (κ3) is 2.35. The molecule has 21 heavy (non-hydrogen) atoms. The number of aryl methyl sites for hydroxylation is 3. The van der Waals surface area contributed by atoms with E-state index in [-0.39, 0.29) is 5.88 Å². The van der Waals surface area contributed by atoms with Gasteiger partial charge in [-0.15, -0.1) is 0 Å². The lowest BCUT2D eigenvalue weighted by Gasteiger charge is -2.08. The van der Waals surface area contributed by atoms with Gasteiger partial charge in [-0.1, -0.05) is 0 Å². The molecule has 0 aliphatic heterocycles. The molecule has 0 aliphatic rings. The first kappa shape index (κ1) is 13.2. The first-order valence-corrected chi connectivity index (χ1v) is 6.58. The van der Waals surface area contributed by atoms with Gasteiger partial charge < -0.3 is 5.11 Å². The molecule has 0 saturated carbocycles. The van der Waals surface area contributed by atoms with Crippen LogP contribution in [0.4, 0.5) is 0 Å². The molecular weight excluding hydrogens is 266 g/mol. The average Bonchev–Trinajstić information content (AvgIpc) is 2.86. The van der Waals surface area contributed by atoms with Gasteiger partial charge in [0.25, 0.3) is 0 Å². The minimum atomic E-state index is 0.0301. The molecule has 3 aromatic heterocycles. The van der Waals surface area contributed by atoms with E-state index in [1.54, 1.807) is 18.5 Å². The molecule has 3 heterocycles. The van der Waals surface area contributed by atoms with E-state index in [0.29, 0.717) is 11.5 Å². The summed E-state index contributed by atoms with van der Waals surface area (Å²) < 4.78 is 1.41. The molecular formula is C15H15N5O. The van der Waals surface area contributed by atoms with E-state index < -0.39 is 0 Å². The van der Waals surface area contributed by atoms with Crippen molar-refractivity contribution in [1.29, 1.82) is 0 Å².